The van der Waals surface area contributed by atoms with Gasteiger partial charge in [0, 0.05) is 23.9 Å². The predicted molar refractivity (Wildman–Crippen MR) is 64.6 cm³/mol. The minimum atomic E-state index is -0.365. The number of nitrogens with zero attached hydrogens (tertiary/aromatic N) is 1. The van der Waals surface area contributed by atoms with E-state index >= 15 is 0 Å². The molecule has 1 heterocycles. The van der Waals surface area contributed by atoms with Gasteiger partial charge in [-0.3, -0.25) is 14.5 Å². The van der Waals surface area contributed by atoms with Crippen LogP contribution < -0.4 is 0 Å². The van der Waals surface area contributed by atoms with Crippen molar-refractivity contribution in [3.8, 4) is 0 Å². The SMILES string of the molecule is CC(C(=O)Cl)N1C(C)(C)CC(=O)CC1(C)C. The first-order valence-electron chi connectivity index (χ1n) is 5.58. The molecule has 0 N–H and O–H groups in total. The van der Waals surface area contributed by atoms with Crippen molar-refractivity contribution < 1.29 is 9.59 Å². The van der Waals surface area contributed by atoms with Gasteiger partial charge in [0.15, 0.2) is 0 Å². The molecule has 1 aliphatic heterocycles. The Balaban J connectivity index is 3.11. The highest BCUT2D eigenvalue weighted by molar-refractivity contribution is 6.64. The Bertz CT molecular complexity index is 303. The van der Waals surface area contributed by atoms with E-state index in [9.17, 15) is 9.59 Å². The normalized spacial score (nSPS) is 26.5. The van der Waals surface area contributed by atoms with Crippen LogP contribution in [0.4, 0.5) is 0 Å². The zero-order chi connectivity index (χ0) is 12.7. The van der Waals surface area contributed by atoms with Crippen LogP contribution in [-0.2, 0) is 9.59 Å². The summed E-state index contributed by atoms with van der Waals surface area (Å²) in [5.41, 5.74) is -0.633. The Morgan fingerprint density at radius 1 is 1.25 bits per heavy atom. The number of hydrogen-bond donors (Lipinski definition) is 0. The average molecular weight is 246 g/mol. The van der Waals surface area contributed by atoms with Gasteiger partial charge in [0.1, 0.15) is 5.78 Å². The maximum Gasteiger partial charge on any atom is 0.238 e. The fourth-order valence-corrected chi connectivity index (χ4v) is 3.26. The van der Waals surface area contributed by atoms with Gasteiger partial charge in [-0.1, -0.05) is 0 Å². The summed E-state index contributed by atoms with van der Waals surface area (Å²) in [7, 11) is 0. The highest BCUT2D eigenvalue weighted by atomic mass is 35.5. The smallest absolute Gasteiger partial charge is 0.238 e. The maximum absolute atomic E-state index is 11.7. The number of carbonyl (C=O) groups is 2. The molecule has 0 aliphatic carbocycles. The van der Waals surface area contributed by atoms with Crippen LogP contribution in [0.2, 0.25) is 0 Å². The highest BCUT2D eigenvalue weighted by Crippen LogP contribution is 2.38. The van der Waals surface area contributed by atoms with Crippen LogP contribution in [0.1, 0.15) is 47.5 Å². The summed E-state index contributed by atoms with van der Waals surface area (Å²) in [6.45, 7) is 9.75. The molecule has 0 aromatic heterocycles. The van der Waals surface area contributed by atoms with E-state index in [0.717, 1.165) is 0 Å². The lowest BCUT2D eigenvalue weighted by atomic mass is 9.78. The largest absolute Gasteiger partial charge is 0.300 e. The maximum atomic E-state index is 11.7. The van der Waals surface area contributed by atoms with E-state index in [1.165, 1.54) is 0 Å². The molecule has 1 atom stereocenters. The second-order valence-electron chi connectivity index (χ2n) is 5.87. The summed E-state index contributed by atoms with van der Waals surface area (Å²) in [5.74, 6) is 0.250. The fraction of sp³-hybridized carbons (Fsp3) is 0.833. The van der Waals surface area contributed by atoms with Crippen molar-refractivity contribution in [2.45, 2.75) is 64.6 Å². The molecule has 0 spiro atoms. The fourth-order valence-electron chi connectivity index (χ4n) is 3.17. The topological polar surface area (TPSA) is 37.4 Å². The number of hydrogen-bond acceptors (Lipinski definition) is 3. The first kappa shape index (κ1) is 13.7. The lowest BCUT2D eigenvalue weighted by molar-refractivity contribution is -0.141. The van der Waals surface area contributed by atoms with Crippen LogP contribution in [0.5, 0.6) is 0 Å². The molecule has 1 saturated heterocycles. The summed E-state index contributed by atoms with van der Waals surface area (Å²) in [4.78, 5) is 25.1. The molecule has 16 heavy (non-hydrogen) atoms. The van der Waals surface area contributed by atoms with E-state index in [1.54, 1.807) is 6.92 Å². The van der Waals surface area contributed by atoms with Crippen molar-refractivity contribution in [1.29, 1.82) is 0 Å². The molecule has 0 bridgehead atoms. The van der Waals surface area contributed by atoms with Crippen LogP contribution >= 0.6 is 11.6 Å². The molecule has 1 rings (SSSR count). The van der Waals surface area contributed by atoms with Gasteiger partial charge in [-0.2, -0.15) is 0 Å². The zero-order valence-electron chi connectivity index (χ0n) is 10.6. The molecule has 1 fully saturated rings. The molecule has 1 unspecified atom stereocenters. The number of rotatable bonds is 2. The minimum Gasteiger partial charge on any atom is -0.300 e. The number of piperidine rings is 1. The van der Waals surface area contributed by atoms with Gasteiger partial charge in [-0.15, -0.1) is 0 Å². The molecule has 4 heteroatoms. The molecule has 0 amide bonds. The summed E-state index contributed by atoms with van der Waals surface area (Å²) in [5, 5.41) is -0.365. The third-order valence-corrected chi connectivity index (χ3v) is 3.60. The van der Waals surface area contributed by atoms with Gasteiger partial charge in [-0.05, 0) is 46.2 Å². The van der Waals surface area contributed by atoms with E-state index in [0.29, 0.717) is 12.8 Å². The summed E-state index contributed by atoms with van der Waals surface area (Å²) < 4.78 is 0. The summed E-state index contributed by atoms with van der Waals surface area (Å²) in [6.07, 6.45) is 0.954. The van der Waals surface area contributed by atoms with Gasteiger partial charge < -0.3 is 0 Å². The zero-order valence-corrected chi connectivity index (χ0v) is 11.4. The first-order chi connectivity index (χ1) is 7.08. The van der Waals surface area contributed by atoms with Crippen LogP contribution in [0.15, 0.2) is 0 Å². The predicted octanol–water partition coefficient (Wildman–Crippen LogP) is 2.36. The Labute approximate surface area is 102 Å². The van der Waals surface area contributed by atoms with Gasteiger partial charge in [-0.25, -0.2) is 0 Å². The van der Waals surface area contributed by atoms with Crippen molar-refractivity contribution in [2.24, 2.45) is 0 Å². The second-order valence-corrected chi connectivity index (χ2v) is 6.24. The molecule has 3 nitrogen and oxygen atoms in total. The van der Waals surface area contributed by atoms with Crippen LogP contribution in [0.3, 0.4) is 0 Å². The van der Waals surface area contributed by atoms with Gasteiger partial charge in [0.25, 0.3) is 0 Å². The molecule has 0 aromatic carbocycles. The molecular weight excluding hydrogens is 226 g/mol. The number of Topliss-reactive ketones (excluding diaryl/α,β-unsaturated/α-hetero) is 1. The van der Waals surface area contributed by atoms with E-state index in [2.05, 4.69) is 4.90 Å². The van der Waals surface area contributed by atoms with E-state index in [4.69, 9.17) is 11.6 Å². The highest BCUT2D eigenvalue weighted by Gasteiger charge is 2.48. The number of ketones is 1. The Kier molecular flexibility index (Phi) is 3.51. The van der Waals surface area contributed by atoms with Crippen molar-refractivity contribution in [2.75, 3.05) is 0 Å². The standard InChI is InChI=1S/C12H20ClNO2/c1-8(10(13)16)14-11(2,3)6-9(15)7-12(14,4)5/h8H,6-7H2,1-5H3. The van der Waals surface area contributed by atoms with Gasteiger partial charge in [0.2, 0.25) is 5.24 Å². The Morgan fingerprint density at radius 3 is 1.94 bits per heavy atom. The minimum absolute atomic E-state index is 0.250. The number of carbonyl (C=O) groups excluding carboxylic acids is 2. The van der Waals surface area contributed by atoms with Crippen LogP contribution in [0, 0.1) is 0 Å². The number of halogens is 1. The number of likely N-dealkylation sites (tertiary alicyclic amines) is 1. The molecule has 0 saturated carbocycles. The average Bonchev–Trinajstić information content (AvgIpc) is 1.96. The molecule has 0 radical (unpaired) electrons. The Morgan fingerprint density at radius 2 is 1.62 bits per heavy atom. The molecular formula is C12H20ClNO2. The third kappa shape index (κ3) is 2.46. The molecule has 92 valence electrons. The van der Waals surface area contributed by atoms with Crippen molar-refractivity contribution >= 4 is 22.6 Å². The van der Waals surface area contributed by atoms with Crippen LogP contribution in [-0.4, -0.2) is 33.0 Å². The van der Waals surface area contributed by atoms with Gasteiger partial charge >= 0.3 is 0 Å². The van der Waals surface area contributed by atoms with E-state index in [1.807, 2.05) is 27.7 Å². The monoisotopic (exact) mass is 245 g/mol. The molecule has 1 aliphatic rings. The summed E-state index contributed by atoms with van der Waals surface area (Å²) >= 11 is 5.59. The molecule has 0 aromatic rings. The summed E-state index contributed by atoms with van der Waals surface area (Å²) in [6, 6.07) is -0.361. The third-order valence-electron chi connectivity index (χ3n) is 3.28. The van der Waals surface area contributed by atoms with E-state index < -0.39 is 0 Å². The quantitative estimate of drug-likeness (QED) is 0.701. The Hall–Kier alpha value is -0.410. The van der Waals surface area contributed by atoms with Crippen molar-refractivity contribution in [1.82, 2.24) is 4.90 Å². The van der Waals surface area contributed by atoms with Crippen molar-refractivity contribution in [3.63, 3.8) is 0 Å². The van der Waals surface area contributed by atoms with E-state index in [-0.39, 0.29) is 28.1 Å². The second kappa shape index (κ2) is 4.11. The first-order valence-corrected chi connectivity index (χ1v) is 5.96. The van der Waals surface area contributed by atoms with Crippen LogP contribution in [0.25, 0.3) is 0 Å². The lowest BCUT2D eigenvalue weighted by Gasteiger charge is -2.54. The van der Waals surface area contributed by atoms with Crippen molar-refractivity contribution in [3.05, 3.63) is 0 Å². The van der Waals surface area contributed by atoms with Gasteiger partial charge in [0.05, 0.1) is 6.04 Å². The lowest BCUT2D eigenvalue weighted by Crippen LogP contribution is -2.64.